The van der Waals surface area contributed by atoms with E-state index in [1.807, 2.05) is 4.90 Å². The quantitative estimate of drug-likeness (QED) is 0.679. The first-order valence-corrected chi connectivity index (χ1v) is 6.20. The van der Waals surface area contributed by atoms with Crippen molar-refractivity contribution in [3.05, 3.63) is 24.2 Å². The summed E-state index contributed by atoms with van der Waals surface area (Å²) in [6.45, 7) is 0.861. The Morgan fingerprint density at radius 3 is 2.19 bits per heavy atom. The predicted octanol–water partition coefficient (Wildman–Crippen LogP) is 0.342. The van der Waals surface area contributed by atoms with Crippen LogP contribution in [-0.2, 0) is 20.9 Å². The zero-order chi connectivity index (χ0) is 15.7. The monoisotopic (exact) mass is 297 g/mol. The Balaban J connectivity index is 0.000000497. The second-order valence-electron chi connectivity index (χ2n) is 5.33. The molecule has 1 saturated carbocycles. The lowest BCUT2D eigenvalue weighted by Gasteiger charge is -2.18. The smallest absolute Gasteiger partial charge is 0.312 e. The number of likely N-dealkylation sites (tertiary alicyclic amines) is 1. The fraction of sp³-hybridized carbons (Fsp3) is 0.462. The fourth-order valence-corrected chi connectivity index (χ4v) is 3.15. The van der Waals surface area contributed by atoms with E-state index in [0.29, 0.717) is 19.6 Å². The molecule has 3 N–H and O–H groups in total. The largest absolute Gasteiger partial charge is 0.483 e. The first kappa shape index (κ1) is 15.0. The van der Waals surface area contributed by atoms with Gasteiger partial charge in [-0.05, 0) is 12.5 Å². The first-order chi connectivity index (χ1) is 9.91. The van der Waals surface area contributed by atoms with Crippen molar-refractivity contribution in [3.63, 3.8) is 0 Å². The van der Waals surface area contributed by atoms with Gasteiger partial charge >= 0.3 is 11.9 Å². The molecule has 1 aromatic heterocycles. The molecule has 2 fully saturated rings. The number of fused-ring (bicyclic) bond motifs is 1. The summed E-state index contributed by atoms with van der Waals surface area (Å²) in [5, 5.41) is 25.4. The van der Waals surface area contributed by atoms with Gasteiger partial charge in [0, 0.05) is 25.2 Å². The van der Waals surface area contributed by atoms with Crippen LogP contribution in [0.3, 0.4) is 0 Å². The minimum atomic E-state index is -1.09. The van der Waals surface area contributed by atoms with Crippen LogP contribution in [0.5, 0.6) is 0 Å². The van der Waals surface area contributed by atoms with Crippen molar-refractivity contribution in [1.82, 2.24) is 4.90 Å². The molecular formula is C13H15NO7. The van der Waals surface area contributed by atoms with Crippen LogP contribution in [0.15, 0.2) is 23.0 Å². The Kier molecular flexibility index (Phi) is 3.73. The molecule has 3 rings (SSSR count). The number of carbonyl (C=O) groups is 3. The minimum Gasteiger partial charge on any atom is -0.483 e. The zero-order valence-corrected chi connectivity index (χ0v) is 11.1. The second-order valence-corrected chi connectivity index (χ2v) is 5.33. The molecule has 0 amide bonds. The topological polar surface area (TPSA) is 128 Å². The van der Waals surface area contributed by atoms with E-state index in [4.69, 9.17) is 14.3 Å². The molecule has 2 heterocycles. The maximum atomic E-state index is 11.3. The van der Waals surface area contributed by atoms with Crippen LogP contribution in [-0.4, -0.2) is 51.7 Å². The molecule has 2 atom stereocenters. The Labute approximate surface area is 119 Å². The zero-order valence-electron chi connectivity index (χ0n) is 11.1. The van der Waals surface area contributed by atoms with Crippen molar-refractivity contribution < 1.29 is 34.1 Å². The maximum Gasteiger partial charge on any atom is 0.312 e. The predicted molar refractivity (Wildman–Crippen MR) is 67.4 cm³/mol. The van der Waals surface area contributed by atoms with Gasteiger partial charge in [0.2, 0.25) is 0 Å². The van der Waals surface area contributed by atoms with Crippen molar-refractivity contribution in [3.8, 4) is 0 Å². The lowest BCUT2D eigenvalue weighted by atomic mass is 9.97. The van der Waals surface area contributed by atoms with Gasteiger partial charge in [-0.2, -0.15) is 0 Å². The molecule has 114 valence electrons. The molecule has 1 aliphatic carbocycles. The number of nitrogens with zero attached hydrogens (tertiary/aromatic N) is 1. The van der Waals surface area contributed by atoms with E-state index in [9.17, 15) is 19.8 Å². The molecule has 1 saturated heterocycles. The average Bonchev–Trinajstić information content (AvgIpc) is 2.77. The molecule has 21 heavy (non-hydrogen) atoms. The molecule has 0 aromatic carbocycles. The molecule has 0 bridgehead atoms. The Morgan fingerprint density at radius 2 is 1.81 bits per heavy atom. The van der Waals surface area contributed by atoms with Gasteiger partial charge in [0.15, 0.2) is 0 Å². The molecule has 8 heteroatoms. The Hall–Kier alpha value is -2.35. The molecule has 0 radical (unpaired) electrons. The number of rotatable bonds is 4. The average molecular weight is 297 g/mol. The summed E-state index contributed by atoms with van der Waals surface area (Å²) in [5.41, 5.74) is -1.26. The van der Waals surface area contributed by atoms with Crippen LogP contribution in [0.25, 0.3) is 0 Å². The first-order valence-electron chi connectivity index (χ1n) is 6.20. The van der Waals surface area contributed by atoms with Gasteiger partial charge in [0.05, 0.1) is 23.4 Å². The Morgan fingerprint density at radius 1 is 1.29 bits per heavy atom. The van der Waals surface area contributed by atoms with E-state index in [1.165, 1.54) is 0 Å². The molecule has 8 nitrogen and oxygen atoms in total. The summed E-state index contributed by atoms with van der Waals surface area (Å²) in [4.78, 5) is 32.9. The Bertz CT molecular complexity index is 527. The minimum absolute atomic E-state index is 0.243. The van der Waals surface area contributed by atoms with E-state index in [0.717, 1.165) is 5.56 Å². The number of hydrogen-bond donors (Lipinski definition) is 3. The molecular weight excluding hydrogens is 282 g/mol. The summed E-state index contributed by atoms with van der Waals surface area (Å²) >= 11 is 0. The third kappa shape index (κ3) is 2.27. The normalized spacial score (nSPS) is 29.9. The standard InChI is InChI=1S/C12H13NO5.CH2O2/c14-9(15)11-5-12(11,10(16)17)7-13(6-11)3-8-1-2-18-4-8;2-1-3/h1-2,4H,3,5-7H2,(H,14,15)(H,16,17);1H,(H,2,3)/t11-,12+;. The number of carboxylic acids is 2. The highest BCUT2D eigenvalue weighted by Gasteiger charge is 2.80. The van der Waals surface area contributed by atoms with E-state index in [2.05, 4.69) is 0 Å². The van der Waals surface area contributed by atoms with Gasteiger partial charge < -0.3 is 19.7 Å². The molecule has 2 aliphatic rings. The second kappa shape index (κ2) is 5.21. The highest BCUT2D eigenvalue weighted by atomic mass is 16.4. The van der Waals surface area contributed by atoms with Crippen LogP contribution < -0.4 is 0 Å². The van der Waals surface area contributed by atoms with Crippen LogP contribution >= 0.6 is 0 Å². The summed E-state index contributed by atoms with van der Waals surface area (Å²) in [7, 11) is 0. The van der Waals surface area contributed by atoms with Gasteiger partial charge in [0.25, 0.3) is 6.47 Å². The lowest BCUT2D eigenvalue weighted by molar-refractivity contribution is -0.151. The maximum absolute atomic E-state index is 11.3. The van der Waals surface area contributed by atoms with E-state index in [1.54, 1.807) is 18.6 Å². The van der Waals surface area contributed by atoms with Crippen LogP contribution in [0.2, 0.25) is 0 Å². The third-order valence-electron chi connectivity index (χ3n) is 4.19. The SMILES string of the molecule is O=C(O)[C@@]12CN(Cc3ccoc3)C[C@]1(C(=O)O)C2.O=CO. The van der Waals surface area contributed by atoms with Gasteiger partial charge in [-0.25, -0.2) is 0 Å². The van der Waals surface area contributed by atoms with Crippen molar-refractivity contribution in [1.29, 1.82) is 0 Å². The molecule has 1 aliphatic heterocycles. The third-order valence-corrected chi connectivity index (χ3v) is 4.19. The highest BCUT2D eigenvalue weighted by molar-refractivity contribution is 5.94. The van der Waals surface area contributed by atoms with Gasteiger partial charge in [-0.3, -0.25) is 19.3 Å². The van der Waals surface area contributed by atoms with Crippen molar-refractivity contribution in [2.45, 2.75) is 13.0 Å². The number of carboxylic acid groups (broad SMARTS) is 3. The van der Waals surface area contributed by atoms with Crippen molar-refractivity contribution in [2.24, 2.45) is 10.8 Å². The lowest BCUT2D eigenvalue weighted by Crippen LogP contribution is -2.28. The summed E-state index contributed by atoms with van der Waals surface area (Å²) < 4.78 is 4.95. The summed E-state index contributed by atoms with van der Waals surface area (Å²) in [6.07, 6.45) is 3.38. The highest BCUT2D eigenvalue weighted by Crippen LogP contribution is 2.68. The van der Waals surface area contributed by atoms with E-state index < -0.39 is 22.8 Å². The molecule has 0 spiro atoms. The van der Waals surface area contributed by atoms with Crippen molar-refractivity contribution in [2.75, 3.05) is 13.1 Å². The number of furan rings is 1. The van der Waals surface area contributed by atoms with Crippen molar-refractivity contribution >= 4 is 18.4 Å². The fourth-order valence-electron chi connectivity index (χ4n) is 3.15. The van der Waals surface area contributed by atoms with Crippen LogP contribution in [0.4, 0.5) is 0 Å². The van der Waals surface area contributed by atoms with E-state index >= 15 is 0 Å². The van der Waals surface area contributed by atoms with E-state index in [-0.39, 0.29) is 12.9 Å². The van der Waals surface area contributed by atoms with Gasteiger partial charge in [0.1, 0.15) is 0 Å². The molecule has 0 unspecified atom stereocenters. The summed E-state index contributed by atoms with van der Waals surface area (Å²) in [5.74, 6) is -2.00. The summed E-state index contributed by atoms with van der Waals surface area (Å²) in [6, 6.07) is 1.80. The van der Waals surface area contributed by atoms with Gasteiger partial charge in [-0.15, -0.1) is 0 Å². The molecule has 1 aromatic rings. The van der Waals surface area contributed by atoms with Crippen LogP contribution in [0, 0.1) is 10.8 Å². The number of piperidine rings is 1. The van der Waals surface area contributed by atoms with Crippen LogP contribution in [0.1, 0.15) is 12.0 Å². The number of aliphatic carboxylic acids is 2. The number of hydrogen-bond acceptors (Lipinski definition) is 5. The van der Waals surface area contributed by atoms with Gasteiger partial charge in [-0.1, -0.05) is 0 Å².